The zero-order chi connectivity index (χ0) is 16.6. The van der Waals surface area contributed by atoms with E-state index in [4.69, 9.17) is 4.74 Å². The normalized spacial score (nSPS) is 20.7. The lowest BCUT2D eigenvalue weighted by Gasteiger charge is -2.25. The van der Waals surface area contributed by atoms with Crippen LogP contribution < -0.4 is 15.4 Å². The van der Waals surface area contributed by atoms with Crippen molar-refractivity contribution in [3.05, 3.63) is 23.8 Å². The van der Waals surface area contributed by atoms with Crippen molar-refractivity contribution in [3.8, 4) is 5.75 Å². The number of para-hydroxylation sites is 1. The number of amides is 2. The van der Waals surface area contributed by atoms with Gasteiger partial charge in [0.25, 0.3) is 11.8 Å². The molecule has 3 rings (SSSR count). The Morgan fingerprint density at radius 2 is 2.17 bits per heavy atom. The lowest BCUT2D eigenvalue weighted by molar-refractivity contribution is -0.139. The highest BCUT2D eigenvalue weighted by molar-refractivity contribution is 6.04. The van der Waals surface area contributed by atoms with Crippen LogP contribution in [0.4, 0.5) is 5.69 Å². The molecule has 1 saturated carbocycles. The van der Waals surface area contributed by atoms with Crippen molar-refractivity contribution in [2.45, 2.75) is 38.3 Å². The highest BCUT2D eigenvalue weighted by Gasteiger charge is 2.32. The molecule has 7 nitrogen and oxygen atoms in total. The van der Waals surface area contributed by atoms with Crippen molar-refractivity contribution < 1.29 is 24.2 Å². The summed E-state index contributed by atoms with van der Waals surface area (Å²) in [5.74, 6) is -1.20. The number of carbonyl (C=O) groups excluding carboxylic acids is 2. The standard InChI is InChI=1S/C16H18N2O5/c1-8-14(19)17-11-4-2-3-10(13(11)23-8)15(20)18-12(16(21)22)7-9-5-6-9/h2-4,8-9,12H,5-7H2,1H3,(H,17,19)(H,18,20)(H,21,22). The molecule has 2 aliphatic rings. The molecule has 0 aromatic heterocycles. The molecule has 2 amide bonds. The lowest BCUT2D eigenvalue weighted by atomic mass is 10.1. The summed E-state index contributed by atoms with van der Waals surface area (Å²) in [5.41, 5.74) is 0.631. The van der Waals surface area contributed by atoms with Gasteiger partial charge in [0.05, 0.1) is 11.3 Å². The van der Waals surface area contributed by atoms with Gasteiger partial charge in [-0.05, 0) is 31.4 Å². The van der Waals surface area contributed by atoms with Crippen LogP contribution in [0.1, 0.15) is 36.5 Å². The van der Waals surface area contributed by atoms with Crippen LogP contribution >= 0.6 is 0 Å². The Bertz CT molecular complexity index is 668. The Labute approximate surface area is 133 Å². The summed E-state index contributed by atoms with van der Waals surface area (Å²) in [6.45, 7) is 1.58. The van der Waals surface area contributed by atoms with E-state index in [0.29, 0.717) is 18.0 Å². The average molecular weight is 318 g/mol. The molecule has 23 heavy (non-hydrogen) atoms. The Kier molecular flexibility index (Phi) is 3.94. The zero-order valence-corrected chi connectivity index (χ0v) is 12.7. The predicted octanol–water partition coefficient (Wildman–Crippen LogP) is 1.39. The topological polar surface area (TPSA) is 105 Å². The largest absolute Gasteiger partial charge is 0.480 e. The van der Waals surface area contributed by atoms with Gasteiger partial charge < -0.3 is 20.5 Å². The first-order chi connectivity index (χ1) is 11.0. The molecule has 3 N–H and O–H groups in total. The van der Waals surface area contributed by atoms with Crippen molar-refractivity contribution in [2.24, 2.45) is 5.92 Å². The average Bonchev–Trinajstić information content (AvgIpc) is 3.31. The number of carboxylic acid groups (broad SMARTS) is 1. The van der Waals surface area contributed by atoms with Crippen molar-refractivity contribution in [1.82, 2.24) is 5.32 Å². The second-order valence-corrected chi connectivity index (χ2v) is 5.97. The maximum atomic E-state index is 12.5. The molecule has 1 aliphatic carbocycles. The van der Waals surface area contributed by atoms with E-state index in [-0.39, 0.29) is 17.2 Å². The fraction of sp³-hybridized carbons (Fsp3) is 0.438. The minimum absolute atomic E-state index is 0.219. The smallest absolute Gasteiger partial charge is 0.326 e. The van der Waals surface area contributed by atoms with Crippen LogP contribution in [0.2, 0.25) is 0 Å². The second kappa shape index (κ2) is 5.91. The highest BCUT2D eigenvalue weighted by atomic mass is 16.5. The van der Waals surface area contributed by atoms with Crippen molar-refractivity contribution >= 4 is 23.5 Å². The zero-order valence-electron chi connectivity index (χ0n) is 12.7. The van der Waals surface area contributed by atoms with Crippen LogP contribution in [0.3, 0.4) is 0 Å². The van der Waals surface area contributed by atoms with Crippen molar-refractivity contribution in [2.75, 3.05) is 5.32 Å². The molecule has 0 radical (unpaired) electrons. The molecule has 1 aromatic rings. The van der Waals surface area contributed by atoms with E-state index in [1.54, 1.807) is 25.1 Å². The van der Waals surface area contributed by atoms with Crippen LogP contribution in [0.25, 0.3) is 0 Å². The predicted molar refractivity (Wildman–Crippen MR) is 81.4 cm³/mol. The second-order valence-electron chi connectivity index (χ2n) is 5.97. The van der Waals surface area contributed by atoms with Gasteiger partial charge in [-0.1, -0.05) is 18.9 Å². The van der Waals surface area contributed by atoms with E-state index in [9.17, 15) is 19.5 Å². The van der Waals surface area contributed by atoms with Crippen LogP contribution in [0.5, 0.6) is 5.75 Å². The molecule has 122 valence electrons. The number of carbonyl (C=O) groups is 3. The number of nitrogens with one attached hydrogen (secondary N) is 2. The van der Waals surface area contributed by atoms with Gasteiger partial charge in [-0.15, -0.1) is 0 Å². The number of anilines is 1. The third-order valence-corrected chi connectivity index (χ3v) is 4.05. The molecular formula is C16H18N2O5. The van der Waals surface area contributed by atoms with Gasteiger partial charge in [0.2, 0.25) is 0 Å². The fourth-order valence-electron chi connectivity index (χ4n) is 2.55. The Hall–Kier alpha value is -2.57. The first-order valence-electron chi connectivity index (χ1n) is 7.60. The minimum atomic E-state index is -1.04. The van der Waals surface area contributed by atoms with E-state index in [1.807, 2.05) is 0 Å². The maximum Gasteiger partial charge on any atom is 0.326 e. The SMILES string of the molecule is CC1Oc2c(cccc2C(=O)NC(CC2CC2)C(=O)O)NC1=O. The Morgan fingerprint density at radius 3 is 2.83 bits per heavy atom. The molecule has 0 saturated heterocycles. The highest BCUT2D eigenvalue weighted by Crippen LogP contribution is 2.35. The molecule has 1 heterocycles. The Balaban J connectivity index is 1.80. The first-order valence-corrected chi connectivity index (χ1v) is 7.60. The van der Waals surface area contributed by atoms with Gasteiger partial charge in [0.1, 0.15) is 6.04 Å². The van der Waals surface area contributed by atoms with E-state index in [2.05, 4.69) is 10.6 Å². The van der Waals surface area contributed by atoms with Gasteiger partial charge in [-0.2, -0.15) is 0 Å². The first kappa shape index (κ1) is 15.3. The Morgan fingerprint density at radius 1 is 1.43 bits per heavy atom. The summed E-state index contributed by atoms with van der Waals surface area (Å²) in [6.07, 6.45) is 1.74. The van der Waals surface area contributed by atoms with Crippen LogP contribution in [0.15, 0.2) is 18.2 Å². The maximum absolute atomic E-state index is 12.5. The van der Waals surface area contributed by atoms with Crippen LogP contribution in [-0.2, 0) is 9.59 Å². The van der Waals surface area contributed by atoms with E-state index >= 15 is 0 Å². The minimum Gasteiger partial charge on any atom is -0.480 e. The van der Waals surface area contributed by atoms with Crippen LogP contribution in [-0.4, -0.2) is 35.0 Å². The number of hydrogen-bond donors (Lipinski definition) is 3. The van der Waals surface area contributed by atoms with E-state index < -0.39 is 24.0 Å². The molecule has 1 aliphatic heterocycles. The van der Waals surface area contributed by atoms with Gasteiger partial charge in [0, 0.05) is 0 Å². The lowest BCUT2D eigenvalue weighted by Crippen LogP contribution is -2.42. The molecule has 0 bridgehead atoms. The summed E-state index contributed by atoms with van der Waals surface area (Å²) in [6, 6.07) is 3.88. The fourth-order valence-corrected chi connectivity index (χ4v) is 2.55. The molecule has 0 spiro atoms. The number of fused-ring (bicyclic) bond motifs is 1. The number of ether oxygens (including phenoxy) is 1. The summed E-state index contributed by atoms with van der Waals surface area (Å²) in [7, 11) is 0. The van der Waals surface area contributed by atoms with E-state index in [0.717, 1.165) is 12.8 Å². The molecule has 2 unspecified atom stereocenters. The number of benzene rings is 1. The van der Waals surface area contributed by atoms with Gasteiger partial charge in [-0.3, -0.25) is 9.59 Å². The third-order valence-electron chi connectivity index (χ3n) is 4.05. The molecule has 1 aromatic carbocycles. The molecule has 2 atom stereocenters. The molecular weight excluding hydrogens is 300 g/mol. The number of aliphatic carboxylic acids is 1. The third kappa shape index (κ3) is 3.28. The number of hydrogen-bond acceptors (Lipinski definition) is 4. The van der Waals surface area contributed by atoms with Crippen molar-refractivity contribution in [1.29, 1.82) is 0 Å². The summed E-state index contributed by atoms with van der Waals surface area (Å²) in [5, 5.41) is 14.5. The number of rotatable bonds is 5. The number of carboxylic acids is 1. The van der Waals surface area contributed by atoms with E-state index in [1.165, 1.54) is 0 Å². The van der Waals surface area contributed by atoms with Gasteiger partial charge >= 0.3 is 5.97 Å². The summed E-state index contributed by atoms with van der Waals surface area (Å²) in [4.78, 5) is 35.4. The van der Waals surface area contributed by atoms with Gasteiger partial charge in [0.15, 0.2) is 11.9 Å². The van der Waals surface area contributed by atoms with Crippen molar-refractivity contribution in [3.63, 3.8) is 0 Å². The molecule has 1 fully saturated rings. The van der Waals surface area contributed by atoms with Crippen LogP contribution in [0, 0.1) is 5.92 Å². The molecule has 7 heteroatoms. The van der Waals surface area contributed by atoms with Gasteiger partial charge in [-0.25, -0.2) is 4.79 Å². The summed E-state index contributed by atoms with van der Waals surface area (Å²) >= 11 is 0. The monoisotopic (exact) mass is 318 g/mol. The quantitative estimate of drug-likeness (QED) is 0.761. The summed E-state index contributed by atoms with van der Waals surface area (Å²) < 4.78 is 5.51.